The van der Waals surface area contributed by atoms with Gasteiger partial charge in [0.15, 0.2) is 0 Å². The minimum Gasteiger partial charge on any atom is -0.369 e. The molecule has 21 heavy (non-hydrogen) atoms. The lowest BCUT2D eigenvalue weighted by Gasteiger charge is -2.30. The maximum absolute atomic E-state index is 6.10. The number of nitrogens with one attached hydrogen (secondary N) is 1. The number of anilines is 1. The van der Waals surface area contributed by atoms with Gasteiger partial charge in [0, 0.05) is 29.1 Å². The third kappa shape index (κ3) is 2.26. The van der Waals surface area contributed by atoms with Gasteiger partial charge in [-0.05, 0) is 41.1 Å². The van der Waals surface area contributed by atoms with E-state index in [1.165, 1.54) is 11.1 Å². The fraction of sp³-hybridized carbons (Fsp3) is 0.167. The summed E-state index contributed by atoms with van der Waals surface area (Å²) in [6.07, 6.45) is 2.99. The van der Waals surface area contributed by atoms with E-state index in [2.05, 4.69) is 34.6 Å². The van der Waals surface area contributed by atoms with Crippen LogP contribution in [0.25, 0.3) is 10.8 Å². The molecule has 1 aliphatic rings. The fourth-order valence-electron chi connectivity index (χ4n) is 3.05. The molecule has 0 saturated carbocycles. The third-order valence-corrected chi connectivity index (χ3v) is 4.44. The zero-order valence-corrected chi connectivity index (χ0v) is 12.3. The Hall–Kier alpha value is -2.06. The lowest BCUT2D eigenvalue weighted by atomic mass is 9.77. The molecule has 0 radical (unpaired) electrons. The van der Waals surface area contributed by atoms with Crippen molar-refractivity contribution in [1.29, 1.82) is 0 Å². The van der Waals surface area contributed by atoms with E-state index in [9.17, 15) is 0 Å². The van der Waals surface area contributed by atoms with E-state index < -0.39 is 0 Å². The van der Waals surface area contributed by atoms with Gasteiger partial charge in [-0.25, -0.2) is 4.98 Å². The molecule has 1 aliphatic carbocycles. The SMILES string of the molecule is Clc1ccc2ccnc(NCC3Cc4ccccc43)c2c1. The molecule has 0 saturated heterocycles. The molecule has 0 aliphatic heterocycles. The van der Waals surface area contributed by atoms with Gasteiger partial charge >= 0.3 is 0 Å². The van der Waals surface area contributed by atoms with Crippen molar-refractivity contribution < 1.29 is 0 Å². The maximum Gasteiger partial charge on any atom is 0.133 e. The highest BCUT2D eigenvalue weighted by atomic mass is 35.5. The fourth-order valence-corrected chi connectivity index (χ4v) is 3.22. The van der Waals surface area contributed by atoms with Gasteiger partial charge < -0.3 is 5.32 Å². The molecule has 0 bridgehead atoms. The van der Waals surface area contributed by atoms with Crippen LogP contribution in [-0.2, 0) is 6.42 Å². The van der Waals surface area contributed by atoms with E-state index in [1.807, 2.05) is 30.5 Å². The van der Waals surface area contributed by atoms with Crippen LogP contribution >= 0.6 is 11.6 Å². The van der Waals surface area contributed by atoms with Crippen LogP contribution < -0.4 is 5.32 Å². The Kier molecular flexibility index (Phi) is 3.04. The predicted molar refractivity (Wildman–Crippen MR) is 88.1 cm³/mol. The van der Waals surface area contributed by atoms with Crippen LogP contribution in [0.3, 0.4) is 0 Å². The largest absolute Gasteiger partial charge is 0.369 e. The summed E-state index contributed by atoms with van der Waals surface area (Å²) in [7, 11) is 0. The number of hydrogen-bond acceptors (Lipinski definition) is 2. The molecule has 2 aromatic carbocycles. The van der Waals surface area contributed by atoms with Crippen molar-refractivity contribution >= 4 is 28.2 Å². The molecule has 104 valence electrons. The number of hydrogen-bond donors (Lipinski definition) is 1. The van der Waals surface area contributed by atoms with Gasteiger partial charge in [0.25, 0.3) is 0 Å². The van der Waals surface area contributed by atoms with E-state index in [0.29, 0.717) is 5.92 Å². The van der Waals surface area contributed by atoms with E-state index in [0.717, 1.165) is 34.6 Å². The Labute approximate surface area is 128 Å². The van der Waals surface area contributed by atoms with Crippen molar-refractivity contribution in [2.24, 2.45) is 0 Å². The monoisotopic (exact) mass is 294 g/mol. The number of benzene rings is 2. The normalized spacial score (nSPS) is 16.3. The van der Waals surface area contributed by atoms with Gasteiger partial charge in [-0.1, -0.05) is 41.9 Å². The quantitative estimate of drug-likeness (QED) is 0.761. The number of pyridine rings is 1. The van der Waals surface area contributed by atoms with Crippen molar-refractivity contribution in [3.8, 4) is 0 Å². The topological polar surface area (TPSA) is 24.9 Å². The van der Waals surface area contributed by atoms with Crippen LogP contribution in [0.15, 0.2) is 54.7 Å². The highest BCUT2D eigenvalue weighted by molar-refractivity contribution is 6.31. The average molecular weight is 295 g/mol. The summed E-state index contributed by atoms with van der Waals surface area (Å²) in [6, 6.07) is 16.6. The second-order valence-electron chi connectivity index (χ2n) is 5.51. The summed E-state index contributed by atoms with van der Waals surface area (Å²) in [5.74, 6) is 1.50. The number of aromatic nitrogens is 1. The molecule has 2 nitrogen and oxygen atoms in total. The van der Waals surface area contributed by atoms with Gasteiger partial charge in [-0.15, -0.1) is 0 Å². The molecule has 1 aromatic heterocycles. The van der Waals surface area contributed by atoms with Crippen LogP contribution in [0.1, 0.15) is 17.0 Å². The van der Waals surface area contributed by atoms with Crippen molar-refractivity contribution in [3.05, 3.63) is 70.9 Å². The van der Waals surface area contributed by atoms with E-state index in [1.54, 1.807) is 0 Å². The summed E-state index contributed by atoms with van der Waals surface area (Å²) < 4.78 is 0. The van der Waals surface area contributed by atoms with Gasteiger partial charge in [0.1, 0.15) is 5.82 Å². The number of nitrogens with zero attached hydrogens (tertiary/aromatic N) is 1. The van der Waals surface area contributed by atoms with Crippen LogP contribution in [0, 0.1) is 0 Å². The first-order valence-electron chi connectivity index (χ1n) is 7.17. The first kappa shape index (κ1) is 12.7. The highest BCUT2D eigenvalue weighted by Gasteiger charge is 2.25. The second kappa shape index (κ2) is 5.05. The number of halogens is 1. The van der Waals surface area contributed by atoms with Gasteiger partial charge in [-0.3, -0.25) is 0 Å². The Balaban J connectivity index is 1.57. The summed E-state index contributed by atoms with van der Waals surface area (Å²) in [4.78, 5) is 4.46. The second-order valence-corrected chi connectivity index (χ2v) is 5.94. The van der Waals surface area contributed by atoms with Crippen LogP contribution in [0.4, 0.5) is 5.82 Å². The first-order valence-corrected chi connectivity index (χ1v) is 7.55. The number of fused-ring (bicyclic) bond motifs is 2. The summed E-state index contributed by atoms with van der Waals surface area (Å²) in [5, 5.41) is 6.47. The van der Waals surface area contributed by atoms with Crippen molar-refractivity contribution in [3.63, 3.8) is 0 Å². The molecule has 0 fully saturated rings. The average Bonchev–Trinajstić information content (AvgIpc) is 2.48. The number of rotatable bonds is 3. The summed E-state index contributed by atoms with van der Waals surface area (Å²) >= 11 is 6.10. The highest BCUT2D eigenvalue weighted by Crippen LogP contribution is 2.35. The molecule has 0 spiro atoms. The third-order valence-electron chi connectivity index (χ3n) is 4.21. The van der Waals surface area contributed by atoms with Crippen molar-refractivity contribution in [2.45, 2.75) is 12.3 Å². The first-order chi connectivity index (χ1) is 10.3. The summed E-state index contributed by atoms with van der Waals surface area (Å²) in [6.45, 7) is 0.912. The maximum atomic E-state index is 6.10. The van der Waals surface area contributed by atoms with Crippen molar-refractivity contribution in [2.75, 3.05) is 11.9 Å². The molecular formula is C18H15ClN2. The molecule has 3 aromatic rings. The molecule has 1 unspecified atom stereocenters. The van der Waals surface area contributed by atoms with Crippen LogP contribution in [0.2, 0.25) is 5.02 Å². The van der Waals surface area contributed by atoms with E-state index >= 15 is 0 Å². The predicted octanol–water partition coefficient (Wildman–Crippen LogP) is 4.64. The van der Waals surface area contributed by atoms with Crippen molar-refractivity contribution in [1.82, 2.24) is 4.98 Å². The van der Waals surface area contributed by atoms with E-state index in [-0.39, 0.29) is 0 Å². The zero-order valence-electron chi connectivity index (χ0n) is 11.5. The Morgan fingerprint density at radius 2 is 2.05 bits per heavy atom. The molecule has 1 atom stereocenters. The molecule has 1 N–H and O–H groups in total. The van der Waals surface area contributed by atoms with Crippen LogP contribution in [-0.4, -0.2) is 11.5 Å². The van der Waals surface area contributed by atoms with Gasteiger partial charge in [0.05, 0.1) is 0 Å². The van der Waals surface area contributed by atoms with Crippen LogP contribution in [0.5, 0.6) is 0 Å². The minimum absolute atomic E-state index is 0.581. The Morgan fingerprint density at radius 1 is 1.14 bits per heavy atom. The Bertz CT molecular complexity index is 813. The van der Waals surface area contributed by atoms with E-state index in [4.69, 9.17) is 11.6 Å². The van der Waals surface area contributed by atoms with Gasteiger partial charge in [-0.2, -0.15) is 0 Å². The Morgan fingerprint density at radius 3 is 2.95 bits per heavy atom. The molecule has 4 rings (SSSR count). The smallest absolute Gasteiger partial charge is 0.133 e. The molecule has 0 amide bonds. The summed E-state index contributed by atoms with van der Waals surface area (Å²) in [5.41, 5.74) is 2.93. The lowest BCUT2D eigenvalue weighted by Crippen LogP contribution is -2.24. The lowest BCUT2D eigenvalue weighted by molar-refractivity contribution is 0.635. The molecule has 1 heterocycles. The molecular weight excluding hydrogens is 280 g/mol. The zero-order chi connectivity index (χ0) is 14.2. The van der Waals surface area contributed by atoms with Gasteiger partial charge in [0.2, 0.25) is 0 Å². The molecule has 3 heteroatoms. The minimum atomic E-state index is 0.581. The standard InChI is InChI=1S/C18H15ClN2/c19-15-6-5-12-7-8-20-18(17(12)10-15)21-11-14-9-13-3-1-2-4-16(13)14/h1-8,10,14H,9,11H2,(H,20,21).